The van der Waals surface area contributed by atoms with Crippen LogP contribution in [0.4, 0.5) is 0 Å². The third-order valence-electron chi connectivity index (χ3n) is 8.08. The molecule has 0 aliphatic heterocycles. The van der Waals surface area contributed by atoms with E-state index in [1.54, 1.807) is 12.1 Å². The van der Waals surface area contributed by atoms with Crippen molar-refractivity contribution in [2.24, 2.45) is 0 Å². The van der Waals surface area contributed by atoms with Crippen LogP contribution in [0.15, 0.2) is 162 Å². The Morgan fingerprint density at radius 2 is 1.02 bits per heavy atom. The first-order valence-corrected chi connectivity index (χ1v) is 13.9. The molecule has 9 aromatic rings. The highest BCUT2D eigenvalue weighted by Crippen LogP contribution is 2.45. The van der Waals surface area contributed by atoms with Crippen molar-refractivity contribution in [2.75, 3.05) is 0 Å². The number of fused-ring (bicyclic) bond motifs is 7. The summed E-state index contributed by atoms with van der Waals surface area (Å²) in [6.45, 7) is 0. The molecule has 1 heteroatoms. The van der Waals surface area contributed by atoms with Crippen LogP contribution < -0.4 is 0 Å². The van der Waals surface area contributed by atoms with E-state index in [-0.39, 0.29) is 58.2 Å². The Kier molecular flexibility index (Phi) is 3.41. The van der Waals surface area contributed by atoms with E-state index in [4.69, 9.17) is 19.5 Å². The van der Waals surface area contributed by atoms with Gasteiger partial charge in [0.2, 0.25) is 0 Å². The third kappa shape index (κ3) is 3.72. The van der Waals surface area contributed by atoms with Crippen molar-refractivity contribution in [2.45, 2.75) is 0 Å². The van der Waals surface area contributed by atoms with Crippen molar-refractivity contribution < 1.29 is 19.5 Å². The van der Waals surface area contributed by atoms with Crippen LogP contribution >= 0.6 is 0 Å². The average molecular weight is 558 g/mol. The third-order valence-corrected chi connectivity index (χ3v) is 8.08. The van der Waals surface area contributed by atoms with Crippen molar-refractivity contribution in [3.8, 4) is 33.4 Å². The quantitative estimate of drug-likeness (QED) is 0.197. The van der Waals surface area contributed by atoms with Crippen LogP contribution in [-0.4, -0.2) is 0 Å². The van der Waals surface area contributed by atoms with Gasteiger partial charge in [-0.25, -0.2) is 0 Å². The maximum Gasteiger partial charge on any atom is 0.143 e. The molecule has 1 nitrogen and oxygen atoms in total. The molecule has 0 aliphatic rings. The molecule has 0 spiro atoms. The average Bonchev–Trinajstić information content (AvgIpc) is 3.57. The first kappa shape index (κ1) is 15.5. The molecule has 8 aromatic carbocycles. The maximum atomic E-state index is 9.01. The summed E-state index contributed by atoms with van der Waals surface area (Å²) in [7, 11) is 0. The van der Waals surface area contributed by atoms with Gasteiger partial charge in [0.05, 0.1) is 15.1 Å². The van der Waals surface area contributed by atoms with Crippen LogP contribution in [0.2, 0.25) is 0 Å². The number of hydrogen-bond donors (Lipinski definition) is 0. The Hall–Kier alpha value is -5.66. The molecule has 0 saturated heterocycles. The van der Waals surface area contributed by atoms with Crippen LogP contribution in [0.1, 0.15) is 15.1 Å². The molecular formula is C42H26O. The fraction of sp³-hybridized carbons (Fsp3) is 0. The Morgan fingerprint density at radius 1 is 0.395 bits per heavy atom. The van der Waals surface area contributed by atoms with Gasteiger partial charge < -0.3 is 4.42 Å². The topological polar surface area (TPSA) is 13.1 Å². The number of benzene rings is 8. The zero-order chi connectivity index (χ0) is 37.9. The van der Waals surface area contributed by atoms with Gasteiger partial charge in [-0.3, -0.25) is 0 Å². The van der Waals surface area contributed by atoms with Gasteiger partial charge in [-0.05, 0) is 84.6 Å². The molecule has 0 unspecified atom stereocenters. The van der Waals surface area contributed by atoms with E-state index in [0.717, 1.165) is 43.8 Å². The summed E-state index contributed by atoms with van der Waals surface area (Å²) >= 11 is 0. The van der Waals surface area contributed by atoms with Gasteiger partial charge in [0.1, 0.15) is 11.2 Å². The summed E-state index contributed by atoms with van der Waals surface area (Å²) in [6.07, 6.45) is 0. The lowest BCUT2D eigenvalue weighted by Crippen LogP contribution is -1.91. The SMILES string of the molecule is [2H]c1c([2H])c([2H])c(-c2cccc(-c3c4ccccc4c(-c4ccc5oc6c7c([2H])c([2H])c([2H])c([2H])c7c([2H])c([2H])c6c5c4)c4ccccc34)c2)c([2H])c1[2H]. The van der Waals surface area contributed by atoms with E-state index in [9.17, 15) is 0 Å². The van der Waals surface area contributed by atoms with Gasteiger partial charge in [-0.2, -0.15) is 0 Å². The molecule has 1 aromatic heterocycles. The second-order valence-corrected chi connectivity index (χ2v) is 10.4. The Balaban J connectivity index is 1.33. The molecule has 0 aliphatic carbocycles. The second kappa shape index (κ2) is 9.44. The van der Waals surface area contributed by atoms with Crippen molar-refractivity contribution in [3.05, 3.63) is 157 Å². The zero-order valence-electron chi connectivity index (χ0n) is 33.6. The second-order valence-electron chi connectivity index (χ2n) is 10.4. The molecule has 0 N–H and O–H groups in total. The lowest BCUT2D eigenvalue weighted by Gasteiger charge is -2.18. The molecule has 43 heavy (non-hydrogen) atoms. The summed E-state index contributed by atoms with van der Waals surface area (Å²) < 4.78 is 99.4. The fourth-order valence-corrected chi connectivity index (χ4v) is 6.23. The molecule has 0 atom stereocenters. The highest BCUT2D eigenvalue weighted by molar-refractivity contribution is 6.23. The fourth-order valence-electron chi connectivity index (χ4n) is 6.23. The van der Waals surface area contributed by atoms with Crippen LogP contribution in [0.25, 0.3) is 87.6 Å². The van der Waals surface area contributed by atoms with Gasteiger partial charge in [0.25, 0.3) is 0 Å². The summed E-state index contributed by atoms with van der Waals surface area (Å²) in [5.74, 6) is 0. The van der Waals surface area contributed by atoms with Crippen molar-refractivity contribution in [1.29, 1.82) is 0 Å². The lowest BCUT2D eigenvalue weighted by molar-refractivity contribution is 0.672. The van der Waals surface area contributed by atoms with Crippen LogP contribution in [0.3, 0.4) is 0 Å². The van der Waals surface area contributed by atoms with Crippen molar-refractivity contribution in [1.82, 2.24) is 0 Å². The smallest absolute Gasteiger partial charge is 0.143 e. The number of furan rings is 1. The van der Waals surface area contributed by atoms with Gasteiger partial charge in [-0.1, -0.05) is 133 Å². The molecular weight excluding hydrogens is 520 g/mol. The van der Waals surface area contributed by atoms with Gasteiger partial charge in [-0.15, -0.1) is 0 Å². The molecule has 9 rings (SSSR count). The van der Waals surface area contributed by atoms with Gasteiger partial charge in [0.15, 0.2) is 0 Å². The van der Waals surface area contributed by atoms with E-state index in [2.05, 4.69) is 0 Å². The molecule has 200 valence electrons. The first-order valence-electron chi connectivity index (χ1n) is 19.4. The molecule has 0 saturated carbocycles. The Bertz CT molecular complexity index is 3040. The van der Waals surface area contributed by atoms with Crippen LogP contribution in [0.5, 0.6) is 0 Å². The lowest BCUT2D eigenvalue weighted by atomic mass is 9.85. The first-order chi connectivity index (χ1) is 25.9. The molecule has 0 bridgehead atoms. The highest BCUT2D eigenvalue weighted by atomic mass is 16.3. The van der Waals surface area contributed by atoms with Crippen molar-refractivity contribution in [3.63, 3.8) is 0 Å². The van der Waals surface area contributed by atoms with E-state index < -0.39 is 30.2 Å². The summed E-state index contributed by atoms with van der Waals surface area (Å²) in [4.78, 5) is 0. The predicted molar refractivity (Wildman–Crippen MR) is 183 cm³/mol. The molecule has 0 radical (unpaired) electrons. The monoisotopic (exact) mass is 557 g/mol. The van der Waals surface area contributed by atoms with E-state index in [1.165, 1.54) is 0 Å². The van der Waals surface area contributed by atoms with E-state index in [0.29, 0.717) is 21.9 Å². The maximum absolute atomic E-state index is 9.01. The van der Waals surface area contributed by atoms with Crippen LogP contribution in [0, 0.1) is 0 Å². The number of hydrogen-bond acceptors (Lipinski definition) is 1. The highest BCUT2D eigenvalue weighted by Gasteiger charge is 2.18. The van der Waals surface area contributed by atoms with Crippen LogP contribution in [-0.2, 0) is 0 Å². The zero-order valence-corrected chi connectivity index (χ0v) is 22.6. The molecule has 0 amide bonds. The predicted octanol–water partition coefficient (Wildman–Crippen LogP) is 12.0. The standard InChI is InChI=1S/C42H26O/c1-2-11-27(12-3-1)29-14-10-15-30(25-29)40-33-17-6-8-19-35(33)41(36-20-9-7-18-34(36)40)31-22-24-39-38(26-31)37-23-21-28-13-4-5-16-32(28)42(37)43-39/h1-26H/i1D,2D,3D,4D,5D,11D,12D,13D,16D,21D,23D. The minimum Gasteiger partial charge on any atom is -0.455 e. The largest absolute Gasteiger partial charge is 0.455 e. The minimum absolute atomic E-state index is 0.0546. The summed E-state index contributed by atoms with van der Waals surface area (Å²) in [6, 6.07) is 25.0. The van der Waals surface area contributed by atoms with Crippen molar-refractivity contribution >= 4 is 54.3 Å². The number of rotatable bonds is 3. The van der Waals surface area contributed by atoms with E-state index in [1.807, 2.05) is 78.9 Å². The van der Waals surface area contributed by atoms with Gasteiger partial charge >= 0.3 is 0 Å². The molecule has 0 fully saturated rings. The summed E-state index contributed by atoms with van der Waals surface area (Å²) in [5, 5.41) is 4.51. The summed E-state index contributed by atoms with van der Waals surface area (Å²) in [5.41, 5.74) is 4.58. The Morgan fingerprint density at radius 3 is 1.74 bits per heavy atom. The normalized spacial score (nSPS) is 15.3. The molecule has 1 heterocycles. The van der Waals surface area contributed by atoms with E-state index >= 15 is 0 Å². The minimum atomic E-state index is -0.471. The Labute approximate surface area is 264 Å². The van der Waals surface area contributed by atoms with Gasteiger partial charge in [0, 0.05) is 16.2 Å².